The summed E-state index contributed by atoms with van der Waals surface area (Å²) in [6, 6.07) is 28.3. The van der Waals surface area contributed by atoms with Gasteiger partial charge in [0.05, 0.1) is 11.4 Å². The average Bonchev–Trinajstić information content (AvgIpc) is 3.14. The number of hydrogen-bond donors (Lipinski definition) is 3. The van der Waals surface area contributed by atoms with Crippen LogP contribution >= 0.6 is 11.6 Å². The molecule has 1 heterocycles. The fraction of sp³-hybridized carbons (Fsp3) is 0. The van der Waals surface area contributed by atoms with Gasteiger partial charge in [0.1, 0.15) is 28.0 Å². The number of carbonyl (C=O) groups excluding carboxylic acids is 3. The van der Waals surface area contributed by atoms with E-state index in [1.54, 1.807) is 60.7 Å². The first kappa shape index (κ1) is 24.6. The number of nitrogens with one attached hydrogen (secondary N) is 2. The topological polar surface area (TPSA) is 108 Å². The fourth-order valence-corrected chi connectivity index (χ4v) is 4.00. The van der Waals surface area contributed by atoms with Gasteiger partial charge in [0.15, 0.2) is 0 Å². The minimum absolute atomic E-state index is 0.0677. The van der Waals surface area contributed by atoms with Gasteiger partial charge >= 0.3 is 0 Å². The van der Waals surface area contributed by atoms with Crippen LogP contribution in [0.15, 0.2) is 114 Å². The Balaban J connectivity index is 1.30. The van der Waals surface area contributed by atoms with Crippen molar-refractivity contribution in [2.45, 2.75) is 0 Å². The van der Waals surface area contributed by atoms with E-state index in [-0.39, 0.29) is 27.7 Å². The number of para-hydroxylation sites is 3. The minimum atomic E-state index is -0.677. The SMILES string of the molecule is O=C(Nc1ccccc1O)c1cccc(NC2=C(Cl)C(=O)N(c3ccc(Oc4ccccc4)cc3)C2=O)c1. The molecule has 0 unspecified atom stereocenters. The molecule has 0 fully saturated rings. The monoisotopic (exact) mass is 525 g/mol. The zero-order chi connectivity index (χ0) is 26.6. The van der Waals surface area contributed by atoms with Crippen LogP contribution in [0.5, 0.6) is 17.2 Å². The summed E-state index contributed by atoms with van der Waals surface area (Å²) >= 11 is 6.26. The predicted molar refractivity (Wildman–Crippen MR) is 144 cm³/mol. The van der Waals surface area contributed by atoms with Crippen LogP contribution in [0.25, 0.3) is 0 Å². The van der Waals surface area contributed by atoms with Gasteiger partial charge in [0.2, 0.25) is 0 Å². The van der Waals surface area contributed by atoms with Crippen LogP contribution in [0.4, 0.5) is 17.1 Å². The van der Waals surface area contributed by atoms with Crippen molar-refractivity contribution >= 4 is 46.4 Å². The van der Waals surface area contributed by atoms with Gasteiger partial charge < -0.3 is 20.5 Å². The molecular weight excluding hydrogens is 506 g/mol. The number of imide groups is 1. The smallest absolute Gasteiger partial charge is 0.283 e. The van der Waals surface area contributed by atoms with Crippen LogP contribution in [0, 0.1) is 0 Å². The highest BCUT2D eigenvalue weighted by molar-refractivity contribution is 6.53. The van der Waals surface area contributed by atoms with Crippen molar-refractivity contribution in [3.8, 4) is 17.2 Å². The van der Waals surface area contributed by atoms with Crippen molar-refractivity contribution in [1.29, 1.82) is 0 Å². The largest absolute Gasteiger partial charge is 0.506 e. The zero-order valence-corrected chi connectivity index (χ0v) is 20.5. The third kappa shape index (κ3) is 5.07. The van der Waals surface area contributed by atoms with Crippen molar-refractivity contribution in [3.63, 3.8) is 0 Å². The molecule has 0 aromatic heterocycles. The quantitative estimate of drug-likeness (QED) is 0.206. The molecule has 9 heteroatoms. The molecule has 0 saturated heterocycles. The lowest BCUT2D eigenvalue weighted by Gasteiger charge is -2.16. The van der Waals surface area contributed by atoms with Gasteiger partial charge in [-0.2, -0.15) is 0 Å². The van der Waals surface area contributed by atoms with Gasteiger partial charge in [-0.15, -0.1) is 0 Å². The number of ether oxygens (including phenoxy) is 1. The van der Waals surface area contributed by atoms with Crippen LogP contribution in [0.3, 0.4) is 0 Å². The number of aromatic hydroxyl groups is 1. The summed E-state index contributed by atoms with van der Waals surface area (Å²) < 4.78 is 5.76. The molecule has 188 valence electrons. The normalized spacial score (nSPS) is 13.0. The number of amides is 3. The van der Waals surface area contributed by atoms with E-state index >= 15 is 0 Å². The highest BCUT2D eigenvalue weighted by atomic mass is 35.5. The Labute approximate surface area is 222 Å². The molecule has 0 radical (unpaired) electrons. The maximum atomic E-state index is 13.2. The Morgan fingerprint density at radius 3 is 2.21 bits per heavy atom. The number of rotatable bonds is 7. The van der Waals surface area contributed by atoms with Gasteiger partial charge in [-0.3, -0.25) is 14.4 Å². The maximum absolute atomic E-state index is 13.2. The summed E-state index contributed by atoms with van der Waals surface area (Å²) in [6.07, 6.45) is 0. The van der Waals surface area contributed by atoms with E-state index in [2.05, 4.69) is 10.6 Å². The van der Waals surface area contributed by atoms with Gasteiger partial charge in [-0.1, -0.05) is 48.0 Å². The molecule has 0 saturated carbocycles. The molecule has 0 spiro atoms. The first-order chi connectivity index (χ1) is 18.4. The zero-order valence-electron chi connectivity index (χ0n) is 19.7. The van der Waals surface area contributed by atoms with Crippen LogP contribution in [-0.4, -0.2) is 22.8 Å². The van der Waals surface area contributed by atoms with Gasteiger partial charge in [-0.05, 0) is 66.7 Å². The Kier molecular flexibility index (Phi) is 6.80. The molecule has 4 aromatic carbocycles. The molecule has 0 bridgehead atoms. The number of carbonyl (C=O) groups is 3. The predicted octanol–water partition coefficient (Wildman–Crippen LogP) is 5.87. The van der Waals surface area contributed by atoms with Gasteiger partial charge in [0, 0.05) is 11.3 Å². The summed E-state index contributed by atoms with van der Waals surface area (Å²) in [4.78, 5) is 39.7. The molecule has 3 amide bonds. The summed E-state index contributed by atoms with van der Waals surface area (Å²) in [6.45, 7) is 0. The highest BCUT2D eigenvalue weighted by Gasteiger charge is 2.39. The lowest BCUT2D eigenvalue weighted by Crippen LogP contribution is -2.32. The number of halogens is 1. The standard InChI is InChI=1S/C29H20ClN3O5/c30-25-26(31-19-8-6-7-18(17-19)27(35)32-23-11-4-5-12-24(23)34)29(37)33(28(25)36)20-13-15-22(16-14-20)38-21-9-2-1-3-10-21/h1-17,31,34H,(H,32,35). The summed E-state index contributed by atoms with van der Waals surface area (Å²) in [5.74, 6) is -0.660. The molecule has 1 aliphatic rings. The lowest BCUT2D eigenvalue weighted by atomic mass is 10.1. The van der Waals surface area contributed by atoms with Crippen molar-refractivity contribution in [2.24, 2.45) is 0 Å². The molecule has 0 atom stereocenters. The van der Waals surface area contributed by atoms with Crippen LogP contribution < -0.4 is 20.3 Å². The number of phenols is 1. The van der Waals surface area contributed by atoms with Crippen molar-refractivity contribution in [3.05, 3.63) is 119 Å². The first-order valence-electron chi connectivity index (χ1n) is 11.5. The van der Waals surface area contributed by atoms with E-state index in [0.717, 1.165) is 4.90 Å². The lowest BCUT2D eigenvalue weighted by molar-refractivity contribution is -0.120. The van der Waals surface area contributed by atoms with E-state index in [9.17, 15) is 19.5 Å². The Hall–Kier alpha value is -5.08. The second kappa shape index (κ2) is 10.5. The third-order valence-electron chi connectivity index (χ3n) is 5.65. The number of benzene rings is 4. The second-order valence-corrected chi connectivity index (χ2v) is 8.60. The average molecular weight is 526 g/mol. The molecule has 38 heavy (non-hydrogen) atoms. The summed E-state index contributed by atoms with van der Waals surface area (Å²) in [5.41, 5.74) is 1.11. The van der Waals surface area contributed by atoms with Crippen molar-refractivity contribution in [1.82, 2.24) is 0 Å². The maximum Gasteiger partial charge on any atom is 0.283 e. The molecule has 3 N–H and O–H groups in total. The molecular formula is C29H20ClN3O5. The van der Waals surface area contributed by atoms with Crippen LogP contribution in [0.2, 0.25) is 0 Å². The molecule has 4 aromatic rings. The first-order valence-corrected chi connectivity index (χ1v) is 11.9. The number of nitrogens with zero attached hydrogens (tertiary/aromatic N) is 1. The fourth-order valence-electron chi connectivity index (χ4n) is 3.79. The van der Waals surface area contributed by atoms with E-state index in [1.165, 1.54) is 12.1 Å². The second-order valence-electron chi connectivity index (χ2n) is 8.22. The van der Waals surface area contributed by atoms with Gasteiger partial charge in [0.25, 0.3) is 17.7 Å². The van der Waals surface area contributed by atoms with E-state index in [0.29, 0.717) is 22.9 Å². The number of anilines is 3. The highest BCUT2D eigenvalue weighted by Crippen LogP contribution is 2.32. The molecule has 8 nitrogen and oxygen atoms in total. The van der Waals surface area contributed by atoms with Crippen molar-refractivity contribution in [2.75, 3.05) is 15.5 Å². The van der Waals surface area contributed by atoms with Gasteiger partial charge in [-0.25, -0.2) is 4.90 Å². The number of hydrogen-bond acceptors (Lipinski definition) is 6. The van der Waals surface area contributed by atoms with E-state index < -0.39 is 17.7 Å². The van der Waals surface area contributed by atoms with Crippen LogP contribution in [-0.2, 0) is 9.59 Å². The summed E-state index contributed by atoms with van der Waals surface area (Å²) in [5, 5.41) is 15.1. The Morgan fingerprint density at radius 1 is 0.789 bits per heavy atom. The Morgan fingerprint density at radius 2 is 1.47 bits per heavy atom. The molecule has 1 aliphatic heterocycles. The third-order valence-corrected chi connectivity index (χ3v) is 6.00. The van der Waals surface area contributed by atoms with Crippen molar-refractivity contribution < 1.29 is 24.2 Å². The van der Waals surface area contributed by atoms with E-state index in [4.69, 9.17) is 16.3 Å². The van der Waals surface area contributed by atoms with Crippen LogP contribution in [0.1, 0.15) is 10.4 Å². The minimum Gasteiger partial charge on any atom is -0.506 e. The van der Waals surface area contributed by atoms with E-state index in [1.807, 2.05) is 30.3 Å². The number of phenolic OH excluding ortho intramolecular Hbond substituents is 1. The summed E-state index contributed by atoms with van der Waals surface area (Å²) in [7, 11) is 0. The molecule has 0 aliphatic carbocycles. The molecule has 5 rings (SSSR count). The Bertz CT molecular complexity index is 1570.